The maximum Gasteiger partial charge on any atom is 0.437 e. The predicted molar refractivity (Wildman–Crippen MR) is 69.8 cm³/mol. The summed E-state index contributed by atoms with van der Waals surface area (Å²) in [7, 11) is 0. The average Bonchev–Trinajstić information content (AvgIpc) is 3.10. The highest BCUT2D eigenvalue weighted by Crippen LogP contribution is 2.19. The molecule has 0 bridgehead atoms. The molecule has 6 nitrogen and oxygen atoms in total. The number of furan rings is 1. The van der Waals surface area contributed by atoms with Crippen molar-refractivity contribution < 1.29 is 18.3 Å². The first-order chi connectivity index (χ1) is 10.1. The normalized spacial score (nSPS) is 12.5. The minimum absolute atomic E-state index is 0.00531. The number of nitrogens with zero attached hydrogens (tertiary/aromatic N) is 2. The van der Waals surface area contributed by atoms with E-state index in [-0.39, 0.29) is 18.0 Å². The largest absolute Gasteiger partial charge is 0.459 e. The molecule has 2 heterocycles. The van der Waals surface area contributed by atoms with Gasteiger partial charge in [0.15, 0.2) is 5.76 Å². The Morgan fingerprint density at radius 3 is 2.81 bits per heavy atom. The number of benzene rings is 1. The first kappa shape index (κ1) is 13.3. The zero-order valence-electron chi connectivity index (χ0n) is 10.8. The summed E-state index contributed by atoms with van der Waals surface area (Å²) in [6.45, 7) is -0.218. The molecule has 0 spiro atoms. The summed E-state index contributed by atoms with van der Waals surface area (Å²) >= 11 is 0. The van der Waals surface area contributed by atoms with Gasteiger partial charge < -0.3 is 13.9 Å². The van der Waals surface area contributed by atoms with Crippen molar-refractivity contribution in [3.05, 3.63) is 64.6 Å². The Bertz CT molecular complexity index is 791. The summed E-state index contributed by atoms with van der Waals surface area (Å²) in [5.41, 5.74) is 0.0898. The molecule has 0 amide bonds. The monoisotopic (exact) mass is 290 g/mol. The van der Waals surface area contributed by atoms with E-state index in [9.17, 15) is 14.3 Å². The van der Waals surface area contributed by atoms with Crippen molar-refractivity contribution >= 4 is 0 Å². The van der Waals surface area contributed by atoms with Crippen LogP contribution in [0.2, 0.25) is 0 Å². The van der Waals surface area contributed by atoms with Gasteiger partial charge in [-0.25, -0.2) is 9.18 Å². The lowest BCUT2D eigenvalue weighted by Crippen LogP contribution is -2.20. The second-order valence-corrected chi connectivity index (χ2v) is 4.37. The Hall–Kier alpha value is -2.67. The molecule has 1 aromatic carbocycles. The molecule has 0 fully saturated rings. The molecule has 0 aliphatic rings. The zero-order valence-corrected chi connectivity index (χ0v) is 10.8. The molecule has 0 saturated heterocycles. The molecule has 3 rings (SSSR count). The number of halogens is 1. The standard InChI is InChI=1S/C14H11FN2O4/c15-10-5-2-1-4-9(10)11(18)8-17-14(19)21-13(16-17)12-6-3-7-20-12/h1-7,11,18H,8H2. The van der Waals surface area contributed by atoms with Crippen LogP contribution in [0.3, 0.4) is 0 Å². The van der Waals surface area contributed by atoms with E-state index >= 15 is 0 Å². The third kappa shape index (κ3) is 2.63. The molecule has 0 aliphatic heterocycles. The lowest BCUT2D eigenvalue weighted by Gasteiger charge is -2.10. The van der Waals surface area contributed by atoms with Gasteiger partial charge in [0.2, 0.25) is 0 Å². The second kappa shape index (κ2) is 5.37. The maximum absolute atomic E-state index is 13.6. The van der Waals surface area contributed by atoms with E-state index in [2.05, 4.69) is 5.10 Å². The topological polar surface area (TPSA) is 81.4 Å². The summed E-state index contributed by atoms with van der Waals surface area (Å²) in [6, 6.07) is 9.01. The number of aliphatic hydroxyl groups is 1. The van der Waals surface area contributed by atoms with Gasteiger partial charge in [0.1, 0.15) is 11.9 Å². The van der Waals surface area contributed by atoms with Gasteiger partial charge in [-0.15, -0.1) is 5.10 Å². The van der Waals surface area contributed by atoms with E-state index in [0.717, 1.165) is 4.68 Å². The van der Waals surface area contributed by atoms with Crippen LogP contribution >= 0.6 is 0 Å². The third-order valence-electron chi connectivity index (χ3n) is 2.95. The molecule has 0 saturated carbocycles. The van der Waals surface area contributed by atoms with E-state index in [1.165, 1.54) is 24.5 Å². The summed E-state index contributed by atoms with van der Waals surface area (Å²) in [5.74, 6) is -0.999. The Morgan fingerprint density at radius 1 is 1.29 bits per heavy atom. The van der Waals surface area contributed by atoms with Gasteiger partial charge in [-0.3, -0.25) is 0 Å². The highest BCUT2D eigenvalue weighted by atomic mass is 19.1. The van der Waals surface area contributed by atoms with E-state index in [1.54, 1.807) is 18.2 Å². The highest BCUT2D eigenvalue weighted by molar-refractivity contribution is 5.42. The Morgan fingerprint density at radius 2 is 2.10 bits per heavy atom. The SMILES string of the molecule is O=c1oc(-c2ccco2)nn1CC(O)c1ccccc1F. The number of rotatable bonds is 4. The van der Waals surface area contributed by atoms with Crippen molar-refractivity contribution in [1.82, 2.24) is 9.78 Å². The van der Waals surface area contributed by atoms with Crippen molar-refractivity contribution in [3.63, 3.8) is 0 Å². The van der Waals surface area contributed by atoms with Crippen LogP contribution in [0, 0.1) is 5.82 Å². The summed E-state index contributed by atoms with van der Waals surface area (Å²) in [5, 5.41) is 13.9. The second-order valence-electron chi connectivity index (χ2n) is 4.37. The van der Waals surface area contributed by atoms with Crippen LogP contribution in [0.25, 0.3) is 11.7 Å². The van der Waals surface area contributed by atoms with Crippen LogP contribution in [0.1, 0.15) is 11.7 Å². The Labute approximate surface area is 118 Å². The van der Waals surface area contributed by atoms with Gasteiger partial charge in [0.25, 0.3) is 5.89 Å². The molecular weight excluding hydrogens is 279 g/mol. The van der Waals surface area contributed by atoms with Crippen molar-refractivity contribution in [3.8, 4) is 11.7 Å². The average molecular weight is 290 g/mol. The van der Waals surface area contributed by atoms with Gasteiger partial charge in [-0.2, -0.15) is 4.68 Å². The van der Waals surface area contributed by atoms with Gasteiger partial charge in [0.05, 0.1) is 12.8 Å². The molecule has 2 aromatic heterocycles. The number of aromatic nitrogens is 2. The molecule has 21 heavy (non-hydrogen) atoms. The Kier molecular flexibility index (Phi) is 3.41. The fourth-order valence-corrected chi connectivity index (χ4v) is 1.93. The number of hydrogen-bond acceptors (Lipinski definition) is 5. The summed E-state index contributed by atoms with van der Waals surface area (Å²) < 4.78 is 24.5. The van der Waals surface area contributed by atoms with E-state index in [0.29, 0.717) is 5.76 Å². The minimum Gasteiger partial charge on any atom is -0.459 e. The molecule has 108 valence electrons. The quantitative estimate of drug-likeness (QED) is 0.794. The fraction of sp³-hybridized carbons (Fsp3) is 0.143. The molecule has 0 radical (unpaired) electrons. The van der Waals surface area contributed by atoms with Crippen molar-refractivity contribution in [2.45, 2.75) is 12.6 Å². The van der Waals surface area contributed by atoms with Gasteiger partial charge >= 0.3 is 5.76 Å². The summed E-state index contributed by atoms with van der Waals surface area (Å²) in [6.07, 6.45) is 0.209. The predicted octanol–water partition coefficient (Wildman–Crippen LogP) is 1.97. The van der Waals surface area contributed by atoms with Gasteiger partial charge in [0, 0.05) is 5.56 Å². The van der Waals surface area contributed by atoms with Crippen LogP contribution in [-0.4, -0.2) is 14.9 Å². The zero-order chi connectivity index (χ0) is 14.8. The molecule has 3 aromatic rings. The summed E-state index contributed by atoms with van der Waals surface area (Å²) in [4.78, 5) is 11.7. The lowest BCUT2D eigenvalue weighted by atomic mass is 10.1. The smallest absolute Gasteiger partial charge is 0.437 e. The molecule has 7 heteroatoms. The molecule has 0 aliphatic carbocycles. The molecule has 1 atom stereocenters. The Balaban J connectivity index is 1.86. The van der Waals surface area contributed by atoms with Crippen LogP contribution in [0.5, 0.6) is 0 Å². The number of aliphatic hydroxyl groups excluding tert-OH is 1. The van der Waals surface area contributed by atoms with Crippen LogP contribution < -0.4 is 5.76 Å². The molecule has 1 unspecified atom stereocenters. The van der Waals surface area contributed by atoms with Crippen LogP contribution in [0.15, 0.2) is 56.3 Å². The maximum atomic E-state index is 13.6. The van der Waals surface area contributed by atoms with Crippen LogP contribution in [0.4, 0.5) is 4.39 Å². The third-order valence-corrected chi connectivity index (χ3v) is 2.95. The van der Waals surface area contributed by atoms with Gasteiger partial charge in [-0.05, 0) is 18.2 Å². The number of hydrogen-bond donors (Lipinski definition) is 1. The minimum atomic E-state index is -1.21. The fourth-order valence-electron chi connectivity index (χ4n) is 1.93. The highest BCUT2D eigenvalue weighted by Gasteiger charge is 2.18. The van der Waals surface area contributed by atoms with Crippen molar-refractivity contribution in [2.75, 3.05) is 0 Å². The van der Waals surface area contributed by atoms with Crippen molar-refractivity contribution in [1.29, 1.82) is 0 Å². The van der Waals surface area contributed by atoms with E-state index in [1.807, 2.05) is 0 Å². The van der Waals surface area contributed by atoms with E-state index in [4.69, 9.17) is 8.83 Å². The molecule has 1 N–H and O–H groups in total. The van der Waals surface area contributed by atoms with Crippen LogP contribution in [-0.2, 0) is 6.54 Å². The van der Waals surface area contributed by atoms with Gasteiger partial charge in [-0.1, -0.05) is 18.2 Å². The first-order valence-corrected chi connectivity index (χ1v) is 6.19. The lowest BCUT2D eigenvalue weighted by molar-refractivity contribution is 0.144. The molecular formula is C14H11FN2O4. The first-order valence-electron chi connectivity index (χ1n) is 6.19. The van der Waals surface area contributed by atoms with E-state index < -0.39 is 17.7 Å². The van der Waals surface area contributed by atoms with Crippen molar-refractivity contribution in [2.24, 2.45) is 0 Å².